The molecular weight excluding hydrogens is 198 g/mol. The predicted molar refractivity (Wildman–Crippen MR) is 59.8 cm³/mol. The van der Waals surface area contributed by atoms with E-state index in [0.717, 1.165) is 30.4 Å². The van der Waals surface area contributed by atoms with Crippen LogP contribution >= 0.6 is 11.6 Å². The molecule has 1 rings (SSSR count). The molecule has 14 heavy (non-hydrogen) atoms. The van der Waals surface area contributed by atoms with E-state index in [4.69, 9.17) is 17.3 Å². The first-order valence-corrected chi connectivity index (χ1v) is 5.21. The van der Waals surface area contributed by atoms with Gasteiger partial charge in [0.05, 0.1) is 0 Å². The van der Waals surface area contributed by atoms with E-state index in [-0.39, 0.29) is 0 Å². The van der Waals surface area contributed by atoms with Crippen LogP contribution in [0, 0.1) is 6.92 Å². The number of aryl methyl sites for hydroxylation is 1. The molecule has 1 aromatic carbocycles. The number of phenols is 1. The van der Waals surface area contributed by atoms with Gasteiger partial charge in [0.2, 0.25) is 0 Å². The first kappa shape index (κ1) is 11.3. The molecule has 0 fully saturated rings. The molecule has 0 aliphatic carbocycles. The van der Waals surface area contributed by atoms with Gasteiger partial charge in [0.1, 0.15) is 5.75 Å². The van der Waals surface area contributed by atoms with Crippen LogP contribution in [0.25, 0.3) is 0 Å². The Morgan fingerprint density at radius 3 is 2.71 bits per heavy atom. The van der Waals surface area contributed by atoms with Gasteiger partial charge >= 0.3 is 0 Å². The van der Waals surface area contributed by atoms with E-state index in [1.807, 2.05) is 19.1 Å². The van der Waals surface area contributed by atoms with Gasteiger partial charge < -0.3 is 10.8 Å². The topological polar surface area (TPSA) is 46.2 Å². The summed E-state index contributed by atoms with van der Waals surface area (Å²) in [5.41, 5.74) is 7.12. The maximum atomic E-state index is 9.76. The summed E-state index contributed by atoms with van der Waals surface area (Å²) in [6.07, 6.45) is 2.72. The Hall–Kier alpha value is -0.730. The highest BCUT2D eigenvalue weighted by Crippen LogP contribution is 2.30. The Morgan fingerprint density at radius 1 is 1.36 bits per heavy atom. The highest BCUT2D eigenvalue weighted by molar-refractivity contribution is 6.31. The summed E-state index contributed by atoms with van der Waals surface area (Å²) in [4.78, 5) is 0. The zero-order valence-corrected chi connectivity index (χ0v) is 9.14. The quantitative estimate of drug-likeness (QED) is 0.756. The number of phenolic OH excluding ortho intramolecular Hbond substituents is 1. The molecular formula is C11H16ClNO. The van der Waals surface area contributed by atoms with Crippen molar-refractivity contribution in [3.63, 3.8) is 0 Å². The molecule has 78 valence electrons. The van der Waals surface area contributed by atoms with Crippen molar-refractivity contribution in [3.05, 3.63) is 28.3 Å². The molecule has 0 aliphatic heterocycles. The molecule has 0 saturated heterocycles. The minimum Gasteiger partial charge on any atom is -0.507 e. The molecule has 0 aliphatic rings. The minimum atomic E-state index is 0.328. The number of aromatic hydroxyl groups is 1. The predicted octanol–water partition coefficient (Wildman–Crippen LogP) is 2.64. The van der Waals surface area contributed by atoms with Crippen molar-refractivity contribution in [2.24, 2.45) is 5.73 Å². The van der Waals surface area contributed by atoms with E-state index >= 15 is 0 Å². The van der Waals surface area contributed by atoms with Gasteiger partial charge in [-0.1, -0.05) is 17.7 Å². The van der Waals surface area contributed by atoms with Crippen molar-refractivity contribution in [2.45, 2.75) is 26.2 Å². The van der Waals surface area contributed by atoms with Crippen LogP contribution in [-0.2, 0) is 6.42 Å². The van der Waals surface area contributed by atoms with Crippen molar-refractivity contribution in [1.29, 1.82) is 0 Å². The highest BCUT2D eigenvalue weighted by atomic mass is 35.5. The van der Waals surface area contributed by atoms with Gasteiger partial charge in [0, 0.05) is 10.6 Å². The fourth-order valence-electron chi connectivity index (χ4n) is 1.41. The number of hydrogen-bond acceptors (Lipinski definition) is 2. The monoisotopic (exact) mass is 213 g/mol. The van der Waals surface area contributed by atoms with Gasteiger partial charge in [0.15, 0.2) is 0 Å². The second kappa shape index (κ2) is 5.23. The van der Waals surface area contributed by atoms with E-state index in [9.17, 15) is 5.11 Å². The van der Waals surface area contributed by atoms with Crippen molar-refractivity contribution < 1.29 is 5.11 Å². The van der Waals surface area contributed by atoms with Crippen molar-refractivity contribution in [1.82, 2.24) is 0 Å². The van der Waals surface area contributed by atoms with Crippen LogP contribution < -0.4 is 5.73 Å². The van der Waals surface area contributed by atoms with E-state index in [0.29, 0.717) is 17.3 Å². The summed E-state index contributed by atoms with van der Waals surface area (Å²) in [5, 5.41) is 10.4. The van der Waals surface area contributed by atoms with E-state index in [1.165, 1.54) is 0 Å². The SMILES string of the molecule is Cc1ccc(Cl)c(CCCCN)c1O. The lowest BCUT2D eigenvalue weighted by Gasteiger charge is -2.08. The van der Waals surface area contributed by atoms with Crippen molar-refractivity contribution in [3.8, 4) is 5.75 Å². The van der Waals surface area contributed by atoms with Crippen LogP contribution in [0.3, 0.4) is 0 Å². The van der Waals surface area contributed by atoms with E-state index in [1.54, 1.807) is 0 Å². The standard InChI is InChI=1S/C11H16ClNO/c1-8-5-6-10(12)9(11(8)14)4-2-3-7-13/h5-6,14H,2-4,7,13H2,1H3. The number of benzene rings is 1. The van der Waals surface area contributed by atoms with Gasteiger partial charge in [-0.2, -0.15) is 0 Å². The van der Waals surface area contributed by atoms with Crippen LogP contribution in [0.15, 0.2) is 12.1 Å². The highest BCUT2D eigenvalue weighted by Gasteiger charge is 2.08. The van der Waals surface area contributed by atoms with Gasteiger partial charge in [0.25, 0.3) is 0 Å². The second-order valence-electron chi connectivity index (χ2n) is 3.44. The van der Waals surface area contributed by atoms with Crippen molar-refractivity contribution in [2.75, 3.05) is 6.54 Å². The van der Waals surface area contributed by atoms with Crippen LogP contribution in [0.1, 0.15) is 24.0 Å². The molecule has 3 N–H and O–H groups in total. The lowest BCUT2D eigenvalue weighted by molar-refractivity contribution is 0.462. The zero-order valence-electron chi connectivity index (χ0n) is 8.39. The molecule has 0 radical (unpaired) electrons. The molecule has 3 heteroatoms. The van der Waals surface area contributed by atoms with Crippen LogP contribution in [0.2, 0.25) is 5.02 Å². The van der Waals surface area contributed by atoms with Gasteiger partial charge in [-0.15, -0.1) is 0 Å². The van der Waals surface area contributed by atoms with Crippen LogP contribution in [0.4, 0.5) is 0 Å². The molecule has 0 saturated carbocycles. The Bertz CT molecular complexity index is 312. The number of hydrogen-bond donors (Lipinski definition) is 2. The fourth-order valence-corrected chi connectivity index (χ4v) is 1.66. The third kappa shape index (κ3) is 2.63. The number of nitrogens with two attached hydrogens (primary N) is 1. The Labute approximate surface area is 89.7 Å². The number of unbranched alkanes of at least 4 members (excludes halogenated alkanes) is 1. The Balaban J connectivity index is 2.79. The Kier molecular flexibility index (Phi) is 4.23. The summed E-state index contributed by atoms with van der Waals surface area (Å²) < 4.78 is 0. The maximum absolute atomic E-state index is 9.76. The number of rotatable bonds is 4. The third-order valence-corrected chi connectivity index (χ3v) is 2.66. The zero-order chi connectivity index (χ0) is 10.6. The molecule has 0 unspecified atom stereocenters. The van der Waals surface area contributed by atoms with E-state index in [2.05, 4.69) is 0 Å². The molecule has 0 heterocycles. The average molecular weight is 214 g/mol. The van der Waals surface area contributed by atoms with E-state index < -0.39 is 0 Å². The molecule has 0 bridgehead atoms. The van der Waals surface area contributed by atoms with Gasteiger partial charge in [-0.25, -0.2) is 0 Å². The largest absolute Gasteiger partial charge is 0.507 e. The summed E-state index contributed by atoms with van der Waals surface area (Å²) in [5.74, 6) is 0.328. The Morgan fingerprint density at radius 2 is 2.07 bits per heavy atom. The molecule has 2 nitrogen and oxygen atoms in total. The molecule has 0 amide bonds. The van der Waals surface area contributed by atoms with Gasteiger partial charge in [-0.05, 0) is 44.4 Å². The smallest absolute Gasteiger partial charge is 0.123 e. The summed E-state index contributed by atoms with van der Waals surface area (Å²) in [6, 6.07) is 3.65. The van der Waals surface area contributed by atoms with Crippen LogP contribution in [0.5, 0.6) is 5.75 Å². The summed E-state index contributed by atoms with van der Waals surface area (Å²) in [6.45, 7) is 2.56. The molecule has 0 spiro atoms. The molecule has 1 aromatic rings. The fraction of sp³-hybridized carbons (Fsp3) is 0.455. The average Bonchev–Trinajstić information content (AvgIpc) is 2.18. The molecule has 0 atom stereocenters. The third-order valence-electron chi connectivity index (χ3n) is 2.31. The first-order valence-electron chi connectivity index (χ1n) is 4.84. The maximum Gasteiger partial charge on any atom is 0.123 e. The van der Waals surface area contributed by atoms with Crippen LogP contribution in [-0.4, -0.2) is 11.7 Å². The normalized spacial score (nSPS) is 10.5. The summed E-state index contributed by atoms with van der Waals surface area (Å²) >= 11 is 5.99. The molecule has 0 aromatic heterocycles. The second-order valence-corrected chi connectivity index (χ2v) is 3.84. The minimum absolute atomic E-state index is 0.328. The summed E-state index contributed by atoms with van der Waals surface area (Å²) in [7, 11) is 0. The lowest BCUT2D eigenvalue weighted by Crippen LogP contribution is -1.99. The van der Waals surface area contributed by atoms with Gasteiger partial charge in [-0.3, -0.25) is 0 Å². The lowest BCUT2D eigenvalue weighted by atomic mass is 10.0. The number of halogens is 1. The first-order chi connectivity index (χ1) is 6.66. The van der Waals surface area contributed by atoms with Crippen molar-refractivity contribution >= 4 is 11.6 Å².